The highest BCUT2D eigenvalue weighted by atomic mass is 16.5. The number of piperidine rings is 1. The number of H-pyrrole nitrogens is 1. The van der Waals surface area contributed by atoms with Gasteiger partial charge in [-0.05, 0) is 36.1 Å². The summed E-state index contributed by atoms with van der Waals surface area (Å²) in [6.45, 7) is 2.63. The number of nitrogen functional groups attached to an aromatic ring is 1. The minimum atomic E-state index is 0.106. The molecule has 5 aromatic heterocycles. The van der Waals surface area contributed by atoms with Crippen LogP contribution in [-0.2, 0) is 30.9 Å². The third-order valence-corrected chi connectivity index (χ3v) is 8.84. The second-order valence-corrected chi connectivity index (χ2v) is 12.0. The molecule has 0 bridgehead atoms. The lowest BCUT2D eigenvalue weighted by molar-refractivity contribution is -0.131. The zero-order valence-electron chi connectivity index (χ0n) is 26.1. The minimum Gasteiger partial charge on any atom is -0.488 e. The van der Waals surface area contributed by atoms with E-state index in [9.17, 15) is 4.79 Å². The Morgan fingerprint density at radius 1 is 1.04 bits per heavy atom. The highest BCUT2D eigenvalue weighted by Gasteiger charge is 2.27. The normalized spacial score (nSPS) is 13.9. The Hall–Kier alpha value is -6.05. The second-order valence-electron chi connectivity index (χ2n) is 12.0. The summed E-state index contributed by atoms with van der Waals surface area (Å²) >= 11 is 0. The molecule has 0 spiro atoms. The molecule has 0 radical (unpaired) electrons. The van der Waals surface area contributed by atoms with Crippen molar-refractivity contribution in [1.29, 1.82) is 0 Å². The van der Waals surface area contributed by atoms with Crippen molar-refractivity contribution in [3.63, 3.8) is 0 Å². The lowest BCUT2D eigenvalue weighted by atomic mass is 9.93. The SMILES string of the molecule is Nc1ncnc2c1ncn2Cc1cn(Cc2cc(C3CCN(C(=O)Cc4c[nH]c5cccc(OCc6ccccc6)c45)CC3)no2)nn1. The van der Waals surface area contributed by atoms with Crippen LogP contribution in [-0.4, -0.2) is 68.6 Å². The molecular formula is C34H33N11O3. The van der Waals surface area contributed by atoms with E-state index in [-0.39, 0.29) is 11.8 Å². The largest absolute Gasteiger partial charge is 0.488 e. The van der Waals surface area contributed by atoms with Gasteiger partial charge >= 0.3 is 0 Å². The smallest absolute Gasteiger partial charge is 0.227 e. The van der Waals surface area contributed by atoms with Crippen molar-refractivity contribution < 1.29 is 14.1 Å². The zero-order chi connectivity index (χ0) is 32.5. The quantitative estimate of drug-likeness (QED) is 0.221. The van der Waals surface area contributed by atoms with Gasteiger partial charge in [0.1, 0.15) is 36.4 Å². The van der Waals surface area contributed by atoms with Gasteiger partial charge in [0, 0.05) is 42.2 Å². The molecule has 7 aromatic rings. The molecule has 0 unspecified atom stereocenters. The molecule has 0 atom stereocenters. The van der Waals surface area contributed by atoms with E-state index in [0.717, 1.165) is 52.0 Å². The molecule has 0 saturated carbocycles. The van der Waals surface area contributed by atoms with Crippen LogP contribution in [0.5, 0.6) is 5.75 Å². The maximum atomic E-state index is 13.4. The van der Waals surface area contributed by atoms with Gasteiger partial charge in [0.05, 0.1) is 31.2 Å². The number of imidazole rings is 1. The van der Waals surface area contributed by atoms with Crippen LogP contribution in [0.15, 0.2) is 84.2 Å². The number of ether oxygens (including phenoxy) is 1. The van der Waals surface area contributed by atoms with Crippen LogP contribution in [0.2, 0.25) is 0 Å². The van der Waals surface area contributed by atoms with Crippen molar-refractivity contribution in [1.82, 2.24) is 49.6 Å². The molecule has 48 heavy (non-hydrogen) atoms. The lowest BCUT2D eigenvalue weighted by Gasteiger charge is -2.31. The van der Waals surface area contributed by atoms with Gasteiger partial charge in [-0.25, -0.2) is 19.6 Å². The predicted molar refractivity (Wildman–Crippen MR) is 176 cm³/mol. The number of rotatable bonds is 10. The third kappa shape index (κ3) is 5.95. The molecule has 1 saturated heterocycles. The number of hydrogen-bond acceptors (Lipinski definition) is 10. The zero-order valence-corrected chi connectivity index (χ0v) is 26.1. The molecule has 1 aliphatic rings. The van der Waals surface area contributed by atoms with E-state index in [4.69, 9.17) is 15.0 Å². The first kappa shape index (κ1) is 29.4. The molecule has 2 aromatic carbocycles. The highest BCUT2D eigenvalue weighted by molar-refractivity contribution is 5.93. The number of amides is 1. The molecule has 1 aliphatic heterocycles. The van der Waals surface area contributed by atoms with Crippen molar-refractivity contribution >= 4 is 33.8 Å². The summed E-state index contributed by atoms with van der Waals surface area (Å²) in [5, 5.41) is 13.9. The molecule has 3 N–H and O–H groups in total. The maximum absolute atomic E-state index is 13.4. The van der Waals surface area contributed by atoms with E-state index in [0.29, 0.717) is 61.9 Å². The Morgan fingerprint density at radius 3 is 2.79 bits per heavy atom. The molecular weight excluding hydrogens is 610 g/mol. The van der Waals surface area contributed by atoms with E-state index in [1.807, 2.05) is 76.5 Å². The number of aromatic amines is 1. The summed E-state index contributed by atoms with van der Waals surface area (Å²) < 4.78 is 15.4. The van der Waals surface area contributed by atoms with Gasteiger partial charge < -0.3 is 29.4 Å². The topological polar surface area (TPSA) is 172 Å². The van der Waals surface area contributed by atoms with Gasteiger partial charge in [-0.1, -0.05) is 46.8 Å². The number of likely N-dealkylation sites (tertiary alicyclic amines) is 1. The van der Waals surface area contributed by atoms with Crippen LogP contribution >= 0.6 is 0 Å². The summed E-state index contributed by atoms with van der Waals surface area (Å²) in [6.07, 6.45) is 8.80. The number of nitrogens with one attached hydrogen (secondary N) is 1. The van der Waals surface area contributed by atoms with Crippen LogP contribution in [0.3, 0.4) is 0 Å². The van der Waals surface area contributed by atoms with Gasteiger partial charge in [0.15, 0.2) is 17.2 Å². The number of nitrogens with zero attached hydrogens (tertiary/aromatic N) is 9. The fourth-order valence-corrected chi connectivity index (χ4v) is 6.35. The van der Waals surface area contributed by atoms with Gasteiger partial charge in [-0.15, -0.1) is 5.10 Å². The van der Waals surface area contributed by atoms with Crippen LogP contribution in [0.25, 0.3) is 22.1 Å². The van der Waals surface area contributed by atoms with Crippen molar-refractivity contribution in [2.75, 3.05) is 18.8 Å². The average molecular weight is 644 g/mol. The van der Waals surface area contributed by atoms with Crippen LogP contribution in [0.1, 0.15) is 47.0 Å². The average Bonchev–Trinajstić information content (AvgIpc) is 3.93. The number of benzene rings is 2. The number of anilines is 1. The molecule has 242 valence electrons. The predicted octanol–water partition coefficient (Wildman–Crippen LogP) is 4.09. The summed E-state index contributed by atoms with van der Waals surface area (Å²) in [5.41, 5.74) is 11.7. The van der Waals surface area contributed by atoms with E-state index in [1.165, 1.54) is 6.33 Å². The van der Waals surface area contributed by atoms with Crippen molar-refractivity contribution in [2.24, 2.45) is 0 Å². The van der Waals surface area contributed by atoms with Crippen molar-refractivity contribution in [2.45, 2.75) is 44.9 Å². The summed E-state index contributed by atoms with van der Waals surface area (Å²) in [6, 6.07) is 18.0. The Labute approximate surface area is 274 Å². The molecule has 1 fully saturated rings. The standard InChI is InChI=1S/C34H33N11O3/c35-33-32-34(38-20-37-33)44(21-39-32)16-25-17-45(42-40-25)18-26-14-28(41-48-26)23-9-11-43(12-10-23)30(46)13-24-15-36-27-7-4-8-29(31(24)27)47-19-22-5-2-1-3-6-22/h1-8,14-15,17,20-21,23,36H,9-13,16,18-19H2,(H2,35,37,38). The summed E-state index contributed by atoms with van der Waals surface area (Å²) in [5.74, 6) is 2.13. The first-order valence-electron chi connectivity index (χ1n) is 15.9. The van der Waals surface area contributed by atoms with Crippen LogP contribution in [0, 0.1) is 0 Å². The van der Waals surface area contributed by atoms with E-state index < -0.39 is 0 Å². The molecule has 0 aliphatic carbocycles. The van der Waals surface area contributed by atoms with Gasteiger partial charge in [-0.2, -0.15) is 0 Å². The Bertz CT molecular complexity index is 2190. The van der Waals surface area contributed by atoms with Crippen LogP contribution in [0.4, 0.5) is 5.82 Å². The first-order valence-corrected chi connectivity index (χ1v) is 15.9. The summed E-state index contributed by atoms with van der Waals surface area (Å²) in [7, 11) is 0. The van der Waals surface area contributed by atoms with E-state index in [2.05, 4.69) is 35.4 Å². The number of carbonyl (C=O) groups is 1. The number of fused-ring (bicyclic) bond motifs is 2. The van der Waals surface area contributed by atoms with Crippen molar-refractivity contribution in [3.8, 4) is 5.75 Å². The Balaban J connectivity index is 0.858. The first-order chi connectivity index (χ1) is 23.6. The molecule has 14 heteroatoms. The summed E-state index contributed by atoms with van der Waals surface area (Å²) in [4.78, 5) is 31.3. The fourth-order valence-electron chi connectivity index (χ4n) is 6.35. The van der Waals surface area contributed by atoms with Gasteiger partial charge in [0.25, 0.3) is 0 Å². The molecule has 6 heterocycles. The Kier molecular flexibility index (Phi) is 7.72. The van der Waals surface area contributed by atoms with E-state index in [1.54, 1.807) is 11.0 Å². The maximum Gasteiger partial charge on any atom is 0.227 e. The number of carbonyl (C=O) groups excluding carboxylic acids is 1. The second kappa shape index (κ2) is 12.6. The molecule has 8 rings (SSSR count). The third-order valence-electron chi connectivity index (χ3n) is 8.84. The fraction of sp³-hybridized carbons (Fsp3) is 0.265. The number of aromatic nitrogens is 9. The number of nitrogens with two attached hydrogens (primary N) is 1. The lowest BCUT2D eigenvalue weighted by Crippen LogP contribution is -2.38. The monoisotopic (exact) mass is 643 g/mol. The Morgan fingerprint density at radius 2 is 1.92 bits per heavy atom. The van der Waals surface area contributed by atoms with E-state index >= 15 is 0 Å². The molecule has 1 amide bonds. The minimum absolute atomic E-state index is 0.106. The highest BCUT2D eigenvalue weighted by Crippen LogP contribution is 2.32. The van der Waals surface area contributed by atoms with Crippen molar-refractivity contribution in [3.05, 3.63) is 108 Å². The van der Waals surface area contributed by atoms with Gasteiger partial charge in [-0.3, -0.25) is 4.79 Å². The van der Waals surface area contributed by atoms with Gasteiger partial charge in [0.2, 0.25) is 5.91 Å². The van der Waals surface area contributed by atoms with Crippen LogP contribution < -0.4 is 10.5 Å². The molecule has 14 nitrogen and oxygen atoms in total. The number of hydrogen-bond donors (Lipinski definition) is 2.